The lowest BCUT2D eigenvalue weighted by Gasteiger charge is -2.36. The summed E-state index contributed by atoms with van der Waals surface area (Å²) in [6, 6.07) is 1.13. The first-order valence-corrected chi connectivity index (χ1v) is 6.87. The molecule has 2 fully saturated rings. The Hall–Kier alpha value is -0.160. The van der Waals surface area contributed by atoms with E-state index < -0.39 is 0 Å². The van der Waals surface area contributed by atoms with E-state index in [1.807, 2.05) is 0 Å². The van der Waals surface area contributed by atoms with Crippen LogP contribution in [0.1, 0.15) is 27.2 Å². The first-order chi connectivity index (χ1) is 8.16. The summed E-state index contributed by atoms with van der Waals surface area (Å²) in [5.74, 6) is 0. The van der Waals surface area contributed by atoms with Crippen molar-refractivity contribution in [2.45, 2.75) is 51.5 Å². The number of ether oxygens (including phenoxy) is 2. The van der Waals surface area contributed by atoms with Crippen molar-refractivity contribution >= 4 is 0 Å². The molecule has 0 aliphatic carbocycles. The van der Waals surface area contributed by atoms with Crippen LogP contribution >= 0.6 is 0 Å². The molecule has 0 radical (unpaired) electrons. The van der Waals surface area contributed by atoms with Gasteiger partial charge in [-0.25, -0.2) is 0 Å². The molecule has 0 aromatic rings. The van der Waals surface area contributed by atoms with Crippen LogP contribution in [0.3, 0.4) is 0 Å². The van der Waals surface area contributed by atoms with Gasteiger partial charge in [0.25, 0.3) is 0 Å². The van der Waals surface area contributed by atoms with Gasteiger partial charge in [-0.05, 0) is 27.2 Å². The van der Waals surface area contributed by atoms with Crippen LogP contribution in [-0.2, 0) is 9.47 Å². The van der Waals surface area contributed by atoms with Crippen molar-refractivity contribution in [3.05, 3.63) is 0 Å². The van der Waals surface area contributed by atoms with Crippen LogP contribution in [0.15, 0.2) is 0 Å². The number of hydrogen-bond acceptors (Lipinski definition) is 4. The molecule has 0 amide bonds. The van der Waals surface area contributed by atoms with Gasteiger partial charge in [-0.1, -0.05) is 0 Å². The van der Waals surface area contributed by atoms with E-state index in [1.165, 1.54) is 0 Å². The Bertz CT molecular complexity index is 235. The van der Waals surface area contributed by atoms with Crippen molar-refractivity contribution in [2.75, 3.05) is 32.8 Å². The van der Waals surface area contributed by atoms with Crippen LogP contribution in [-0.4, -0.2) is 62.0 Å². The van der Waals surface area contributed by atoms with Gasteiger partial charge in [-0.15, -0.1) is 0 Å². The molecule has 4 heteroatoms. The third-order valence-electron chi connectivity index (χ3n) is 3.88. The van der Waals surface area contributed by atoms with Crippen molar-refractivity contribution < 1.29 is 9.47 Å². The SMILES string of the molecule is CC1OCCC1NCC1CN(C(C)C)CCO1. The van der Waals surface area contributed by atoms with Crippen molar-refractivity contribution in [2.24, 2.45) is 0 Å². The van der Waals surface area contributed by atoms with Crippen molar-refractivity contribution in [3.8, 4) is 0 Å². The molecular formula is C13H26N2O2. The van der Waals surface area contributed by atoms with E-state index >= 15 is 0 Å². The third-order valence-corrected chi connectivity index (χ3v) is 3.88. The van der Waals surface area contributed by atoms with Crippen LogP contribution in [0.2, 0.25) is 0 Å². The monoisotopic (exact) mass is 242 g/mol. The number of hydrogen-bond donors (Lipinski definition) is 1. The lowest BCUT2D eigenvalue weighted by Crippen LogP contribution is -2.50. The summed E-state index contributed by atoms with van der Waals surface area (Å²) in [6.45, 7) is 11.5. The van der Waals surface area contributed by atoms with E-state index in [4.69, 9.17) is 9.47 Å². The van der Waals surface area contributed by atoms with Gasteiger partial charge in [0.2, 0.25) is 0 Å². The summed E-state index contributed by atoms with van der Waals surface area (Å²) in [4.78, 5) is 2.49. The zero-order valence-corrected chi connectivity index (χ0v) is 11.3. The summed E-state index contributed by atoms with van der Waals surface area (Å²) < 4.78 is 11.4. The van der Waals surface area contributed by atoms with Crippen LogP contribution in [0, 0.1) is 0 Å². The molecule has 3 atom stereocenters. The normalized spacial score (nSPS) is 35.6. The topological polar surface area (TPSA) is 33.7 Å². The zero-order valence-electron chi connectivity index (χ0n) is 11.3. The average Bonchev–Trinajstić information content (AvgIpc) is 2.72. The van der Waals surface area contributed by atoms with E-state index in [2.05, 4.69) is 31.0 Å². The Kier molecular flexibility index (Phi) is 4.79. The Labute approximate surface area is 105 Å². The molecule has 2 saturated heterocycles. The number of rotatable bonds is 4. The molecule has 0 bridgehead atoms. The molecule has 17 heavy (non-hydrogen) atoms. The highest BCUT2D eigenvalue weighted by Crippen LogP contribution is 2.13. The van der Waals surface area contributed by atoms with E-state index in [1.54, 1.807) is 0 Å². The van der Waals surface area contributed by atoms with Crippen molar-refractivity contribution in [1.29, 1.82) is 0 Å². The van der Waals surface area contributed by atoms with Gasteiger partial charge < -0.3 is 14.8 Å². The highest BCUT2D eigenvalue weighted by molar-refractivity contribution is 4.82. The molecule has 0 saturated carbocycles. The van der Waals surface area contributed by atoms with Gasteiger partial charge in [0.15, 0.2) is 0 Å². The van der Waals surface area contributed by atoms with Gasteiger partial charge in [0, 0.05) is 38.3 Å². The largest absolute Gasteiger partial charge is 0.377 e. The summed E-state index contributed by atoms with van der Waals surface area (Å²) in [7, 11) is 0. The minimum Gasteiger partial charge on any atom is -0.377 e. The van der Waals surface area contributed by atoms with Gasteiger partial charge >= 0.3 is 0 Å². The second-order valence-electron chi connectivity index (χ2n) is 5.46. The minimum absolute atomic E-state index is 0.332. The Balaban J connectivity index is 1.71. The minimum atomic E-state index is 0.332. The summed E-state index contributed by atoms with van der Waals surface area (Å²) in [5.41, 5.74) is 0. The van der Waals surface area contributed by atoms with Gasteiger partial charge in [-0.2, -0.15) is 0 Å². The maximum Gasteiger partial charge on any atom is 0.0826 e. The summed E-state index contributed by atoms with van der Waals surface area (Å²) >= 11 is 0. The number of nitrogens with zero attached hydrogens (tertiary/aromatic N) is 1. The molecule has 0 aromatic heterocycles. The highest BCUT2D eigenvalue weighted by atomic mass is 16.5. The first kappa shape index (κ1) is 13.3. The van der Waals surface area contributed by atoms with Crippen molar-refractivity contribution in [1.82, 2.24) is 10.2 Å². The van der Waals surface area contributed by atoms with E-state index in [-0.39, 0.29) is 0 Å². The fourth-order valence-corrected chi connectivity index (χ4v) is 2.62. The zero-order chi connectivity index (χ0) is 12.3. The van der Waals surface area contributed by atoms with Crippen LogP contribution in [0.25, 0.3) is 0 Å². The Morgan fingerprint density at radius 2 is 2.12 bits per heavy atom. The van der Waals surface area contributed by atoms with Crippen LogP contribution in [0.5, 0.6) is 0 Å². The molecule has 2 aliphatic heterocycles. The van der Waals surface area contributed by atoms with Crippen LogP contribution in [0.4, 0.5) is 0 Å². The van der Waals surface area contributed by atoms with Gasteiger partial charge in [0.1, 0.15) is 0 Å². The van der Waals surface area contributed by atoms with Crippen molar-refractivity contribution in [3.63, 3.8) is 0 Å². The molecule has 4 nitrogen and oxygen atoms in total. The fraction of sp³-hybridized carbons (Fsp3) is 1.00. The standard InChI is InChI=1S/C13H26N2O2/c1-10(2)15-5-7-17-12(9-15)8-14-13-4-6-16-11(13)3/h10-14H,4-9H2,1-3H3. The molecule has 3 unspecified atom stereocenters. The smallest absolute Gasteiger partial charge is 0.0826 e. The lowest BCUT2D eigenvalue weighted by molar-refractivity contribution is -0.0388. The fourth-order valence-electron chi connectivity index (χ4n) is 2.62. The maximum absolute atomic E-state index is 5.81. The van der Waals surface area contributed by atoms with E-state index in [0.29, 0.717) is 24.3 Å². The van der Waals surface area contributed by atoms with E-state index in [9.17, 15) is 0 Å². The predicted molar refractivity (Wildman–Crippen MR) is 68.3 cm³/mol. The lowest BCUT2D eigenvalue weighted by atomic mass is 10.1. The van der Waals surface area contributed by atoms with Gasteiger partial charge in [0.05, 0.1) is 18.8 Å². The number of nitrogens with one attached hydrogen (secondary N) is 1. The maximum atomic E-state index is 5.81. The Morgan fingerprint density at radius 1 is 1.29 bits per heavy atom. The first-order valence-electron chi connectivity index (χ1n) is 6.87. The summed E-state index contributed by atoms with van der Waals surface area (Å²) in [6.07, 6.45) is 1.81. The molecule has 2 aliphatic rings. The van der Waals surface area contributed by atoms with Gasteiger partial charge in [-0.3, -0.25) is 4.90 Å². The number of morpholine rings is 1. The molecular weight excluding hydrogens is 216 g/mol. The Morgan fingerprint density at radius 3 is 2.76 bits per heavy atom. The highest BCUT2D eigenvalue weighted by Gasteiger charge is 2.27. The average molecular weight is 242 g/mol. The molecule has 100 valence electrons. The summed E-state index contributed by atoms with van der Waals surface area (Å²) in [5, 5.41) is 3.58. The second-order valence-corrected chi connectivity index (χ2v) is 5.46. The molecule has 0 spiro atoms. The molecule has 0 aromatic carbocycles. The molecule has 2 rings (SSSR count). The predicted octanol–water partition coefficient (Wildman–Crippen LogP) is 0.863. The molecule has 2 heterocycles. The third kappa shape index (κ3) is 3.65. The molecule has 1 N–H and O–H groups in total. The van der Waals surface area contributed by atoms with Crippen LogP contribution < -0.4 is 5.32 Å². The second kappa shape index (κ2) is 6.14. The quantitative estimate of drug-likeness (QED) is 0.793. The van der Waals surface area contributed by atoms with E-state index in [0.717, 1.165) is 39.3 Å².